The zero-order valence-electron chi connectivity index (χ0n) is 8.75. The van der Waals surface area contributed by atoms with E-state index in [1.54, 1.807) is 0 Å². The molecule has 0 nitrogen and oxygen atoms in total. The molecule has 2 aromatic carbocycles. The molecule has 1 heteroatoms. The van der Waals surface area contributed by atoms with Crippen molar-refractivity contribution in [1.82, 2.24) is 0 Å². The highest BCUT2D eigenvalue weighted by Crippen LogP contribution is 2.17. The monoisotopic (exact) mass is 262 g/mol. The first-order valence-electron chi connectivity index (χ1n) is 5.44. The second-order valence-corrected chi connectivity index (χ2v) is 4.62. The van der Waals surface area contributed by atoms with E-state index in [2.05, 4.69) is 58.4 Å². The Morgan fingerprint density at radius 1 is 0.867 bits per heavy atom. The molecular weight excluding hydrogens is 248 g/mol. The number of halogens is 1. The van der Waals surface area contributed by atoms with Crippen molar-refractivity contribution in [1.29, 1.82) is 0 Å². The van der Waals surface area contributed by atoms with Crippen molar-refractivity contribution >= 4 is 26.7 Å². The standard InChI is InChI=1S/C14H15Br/c15-10-4-3-5-12-8-9-13-6-1-2-7-14(13)11-12/h1-2,6-9,11H,3-5,10H2. The average molecular weight is 263 g/mol. The summed E-state index contributed by atoms with van der Waals surface area (Å²) in [4.78, 5) is 0. The van der Waals surface area contributed by atoms with Gasteiger partial charge in [0.25, 0.3) is 0 Å². The Balaban J connectivity index is 2.16. The number of unbranched alkanes of at least 4 members (excludes halogenated alkanes) is 1. The van der Waals surface area contributed by atoms with Crippen LogP contribution >= 0.6 is 15.9 Å². The first kappa shape index (κ1) is 10.7. The second-order valence-electron chi connectivity index (χ2n) is 3.83. The van der Waals surface area contributed by atoms with Crippen molar-refractivity contribution in [2.24, 2.45) is 0 Å². The molecule has 0 bridgehead atoms. The highest BCUT2D eigenvalue weighted by Gasteiger charge is 1.95. The maximum Gasteiger partial charge on any atom is 0.00314 e. The van der Waals surface area contributed by atoms with Gasteiger partial charge in [-0.05, 0) is 35.6 Å². The van der Waals surface area contributed by atoms with Gasteiger partial charge in [-0.15, -0.1) is 0 Å². The van der Waals surface area contributed by atoms with Gasteiger partial charge in [-0.25, -0.2) is 0 Å². The minimum absolute atomic E-state index is 1.11. The molecule has 2 aromatic rings. The minimum Gasteiger partial charge on any atom is -0.0928 e. The third-order valence-electron chi connectivity index (χ3n) is 2.66. The molecule has 0 aliphatic heterocycles. The van der Waals surface area contributed by atoms with Crippen LogP contribution in [0.15, 0.2) is 42.5 Å². The molecule has 0 aromatic heterocycles. The van der Waals surface area contributed by atoms with Crippen LogP contribution in [0.4, 0.5) is 0 Å². The van der Waals surface area contributed by atoms with E-state index in [4.69, 9.17) is 0 Å². The van der Waals surface area contributed by atoms with E-state index in [-0.39, 0.29) is 0 Å². The molecule has 0 heterocycles. The molecule has 0 aliphatic carbocycles. The molecule has 2 rings (SSSR count). The summed E-state index contributed by atoms with van der Waals surface area (Å²) < 4.78 is 0. The van der Waals surface area contributed by atoms with E-state index in [1.807, 2.05) is 0 Å². The zero-order valence-corrected chi connectivity index (χ0v) is 10.3. The Hall–Kier alpha value is -0.820. The van der Waals surface area contributed by atoms with Gasteiger partial charge in [0.05, 0.1) is 0 Å². The van der Waals surface area contributed by atoms with Crippen molar-refractivity contribution in [3.05, 3.63) is 48.0 Å². The first-order chi connectivity index (χ1) is 7.40. The number of fused-ring (bicyclic) bond motifs is 1. The van der Waals surface area contributed by atoms with Gasteiger partial charge >= 0.3 is 0 Å². The van der Waals surface area contributed by atoms with Crippen LogP contribution in [-0.4, -0.2) is 5.33 Å². The predicted octanol–water partition coefficient (Wildman–Crippen LogP) is 4.56. The van der Waals surface area contributed by atoms with Gasteiger partial charge in [0.2, 0.25) is 0 Å². The van der Waals surface area contributed by atoms with Crippen LogP contribution in [0.1, 0.15) is 18.4 Å². The number of benzene rings is 2. The molecule has 0 saturated heterocycles. The van der Waals surface area contributed by atoms with Gasteiger partial charge in [-0.3, -0.25) is 0 Å². The zero-order chi connectivity index (χ0) is 10.5. The third-order valence-corrected chi connectivity index (χ3v) is 3.22. The van der Waals surface area contributed by atoms with Crippen molar-refractivity contribution < 1.29 is 0 Å². The number of hydrogen-bond donors (Lipinski definition) is 0. The van der Waals surface area contributed by atoms with Gasteiger partial charge in [-0.1, -0.05) is 58.4 Å². The smallest absolute Gasteiger partial charge is 0.00314 e. The van der Waals surface area contributed by atoms with Crippen LogP contribution in [0, 0.1) is 0 Å². The number of hydrogen-bond acceptors (Lipinski definition) is 0. The lowest BCUT2D eigenvalue weighted by atomic mass is 10.0. The lowest BCUT2D eigenvalue weighted by Crippen LogP contribution is -1.86. The highest BCUT2D eigenvalue weighted by molar-refractivity contribution is 9.09. The van der Waals surface area contributed by atoms with Gasteiger partial charge < -0.3 is 0 Å². The fourth-order valence-corrected chi connectivity index (χ4v) is 2.21. The number of aryl methyl sites for hydroxylation is 1. The lowest BCUT2D eigenvalue weighted by Gasteiger charge is -2.02. The fraction of sp³-hybridized carbons (Fsp3) is 0.286. The van der Waals surface area contributed by atoms with Crippen LogP contribution in [0.5, 0.6) is 0 Å². The summed E-state index contributed by atoms with van der Waals surface area (Å²) in [5, 5.41) is 3.80. The van der Waals surface area contributed by atoms with E-state index in [0.717, 1.165) is 5.33 Å². The first-order valence-corrected chi connectivity index (χ1v) is 6.56. The fourth-order valence-electron chi connectivity index (χ4n) is 1.82. The van der Waals surface area contributed by atoms with E-state index in [9.17, 15) is 0 Å². The summed E-state index contributed by atoms with van der Waals surface area (Å²) in [6.07, 6.45) is 3.72. The SMILES string of the molecule is BrCCCCc1ccc2ccccc2c1. The Bertz CT molecular complexity index is 434. The maximum absolute atomic E-state index is 3.46. The van der Waals surface area contributed by atoms with E-state index in [1.165, 1.54) is 35.6 Å². The average Bonchev–Trinajstić information content (AvgIpc) is 2.29. The summed E-state index contributed by atoms with van der Waals surface area (Å²) in [5.74, 6) is 0. The molecule has 0 unspecified atom stereocenters. The molecule has 0 radical (unpaired) electrons. The van der Waals surface area contributed by atoms with Crippen LogP contribution in [-0.2, 0) is 6.42 Å². The number of alkyl halides is 1. The molecule has 15 heavy (non-hydrogen) atoms. The highest BCUT2D eigenvalue weighted by atomic mass is 79.9. The summed E-state index contributed by atoms with van der Waals surface area (Å²) in [7, 11) is 0. The summed E-state index contributed by atoms with van der Waals surface area (Å²) in [5.41, 5.74) is 1.45. The minimum atomic E-state index is 1.11. The molecule has 78 valence electrons. The largest absolute Gasteiger partial charge is 0.0928 e. The molecule has 0 spiro atoms. The van der Waals surface area contributed by atoms with Crippen LogP contribution < -0.4 is 0 Å². The second kappa shape index (κ2) is 5.32. The van der Waals surface area contributed by atoms with Gasteiger partial charge in [0, 0.05) is 5.33 Å². The lowest BCUT2D eigenvalue weighted by molar-refractivity contribution is 0.807. The van der Waals surface area contributed by atoms with Crippen molar-refractivity contribution in [2.75, 3.05) is 5.33 Å². The Labute approximate surface area is 99.4 Å². The Kier molecular flexibility index (Phi) is 3.79. The molecule has 0 fully saturated rings. The van der Waals surface area contributed by atoms with Crippen LogP contribution in [0.3, 0.4) is 0 Å². The summed E-state index contributed by atoms with van der Waals surface area (Å²) >= 11 is 3.46. The van der Waals surface area contributed by atoms with Crippen molar-refractivity contribution in [2.45, 2.75) is 19.3 Å². The Morgan fingerprint density at radius 3 is 2.47 bits per heavy atom. The van der Waals surface area contributed by atoms with Crippen molar-refractivity contribution in [3.63, 3.8) is 0 Å². The van der Waals surface area contributed by atoms with Gasteiger partial charge in [-0.2, -0.15) is 0 Å². The molecule has 0 amide bonds. The van der Waals surface area contributed by atoms with Gasteiger partial charge in [0.15, 0.2) is 0 Å². The molecule has 0 saturated carbocycles. The van der Waals surface area contributed by atoms with E-state index in [0.29, 0.717) is 0 Å². The van der Waals surface area contributed by atoms with Crippen molar-refractivity contribution in [3.8, 4) is 0 Å². The van der Waals surface area contributed by atoms with Crippen LogP contribution in [0.25, 0.3) is 10.8 Å². The third kappa shape index (κ3) is 2.82. The normalized spacial score (nSPS) is 10.7. The van der Waals surface area contributed by atoms with Gasteiger partial charge in [0.1, 0.15) is 0 Å². The van der Waals surface area contributed by atoms with E-state index < -0.39 is 0 Å². The predicted molar refractivity (Wildman–Crippen MR) is 70.7 cm³/mol. The summed E-state index contributed by atoms with van der Waals surface area (Å²) in [6, 6.07) is 15.3. The molecule has 0 atom stereocenters. The molecule has 0 aliphatic rings. The topological polar surface area (TPSA) is 0 Å². The summed E-state index contributed by atoms with van der Waals surface area (Å²) in [6.45, 7) is 0. The maximum atomic E-state index is 3.46. The van der Waals surface area contributed by atoms with Crippen LogP contribution in [0.2, 0.25) is 0 Å². The Morgan fingerprint density at radius 2 is 1.67 bits per heavy atom. The van der Waals surface area contributed by atoms with E-state index >= 15 is 0 Å². The molecule has 0 N–H and O–H groups in total. The quantitative estimate of drug-likeness (QED) is 0.560. The molecular formula is C14H15Br. The number of rotatable bonds is 4.